The van der Waals surface area contributed by atoms with Gasteiger partial charge in [-0.25, -0.2) is 0 Å². The lowest BCUT2D eigenvalue weighted by atomic mass is 10.1. The van der Waals surface area contributed by atoms with Crippen LogP contribution in [-0.4, -0.2) is 29.8 Å². The fraction of sp³-hybridized carbons (Fsp3) is 0.562. The zero-order valence-corrected chi connectivity index (χ0v) is 12.6. The molecule has 0 fully saturated rings. The Morgan fingerprint density at radius 2 is 1.95 bits per heavy atom. The van der Waals surface area contributed by atoms with Crippen LogP contribution >= 0.6 is 0 Å². The molecule has 2 N–H and O–H groups in total. The van der Waals surface area contributed by atoms with Crippen LogP contribution in [0.3, 0.4) is 0 Å². The van der Waals surface area contributed by atoms with Crippen LogP contribution in [-0.2, 0) is 0 Å². The van der Waals surface area contributed by atoms with Crippen molar-refractivity contribution in [3.05, 3.63) is 29.8 Å². The van der Waals surface area contributed by atoms with Crippen molar-refractivity contribution < 1.29 is 14.6 Å². The Morgan fingerprint density at radius 3 is 2.50 bits per heavy atom. The molecule has 0 aliphatic carbocycles. The maximum atomic E-state index is 12.0. The lowest BCUT2D eigenvalue weighted by Gasteiger charge is -2.15. The first-order valence-electron chi connectivity index (χ1n) is 7.24. The smallest absolute Gasteiger partial charge is 0.251 e. The van der Waals surface area contributed by atoms with Crippen LogP contribution in [0.15, 0.2) is 24.3 Å². The van der Waals surface area contributed by atoms with E-state index in [1.54, 1.807) is 19.1 Å². The van der Waals surface area contributed by atoms with Crippen molar-refractivity contribution in [2.75, 3.05) is 6.61 Å². The van der Waals surface area contributed by atoms with Crippen LogP contribution in [0, 0.1) is 0 Å². The second-order valence-electron chi connectivity index (χ2n) is 5.19. The van der Waals surface area contributed by atoms with Gasteiger partial charge in [-0.05, 0) is 51.0 Å². The van der Waals surface area contributed by atoms with Gasteiger partial charge in [0.15, 0.2) is 0 Å². The number of unbranched alkanes of at least 4 members (excludes halogenated alkanes) is 1. The van der Waals surface area contributed by atoms with Gasteiger partial charge in [0.05, 0.1) is 12.7 Å². The topological polar surface area (TPSA) is 58.6 Å². The average Bonchev–Trinajstić information content (AvgIpc) is 2.38. The summed E-state index contributed by atoms with van der Waals surface area (Å²) in [7, 11) is 0. The first-order chi connectivity index (χ1) is 9.52. The summed E-state index contributed by atoms with van der Waals surface area (Å²) in [6.45, 7) is 6.41. The third kappa shape index (κ3) is 6.06. The monoisotopic (exact) mass is 279 g/mol. The predicted molar refractivity (Wildman–Crippen MR) is 80.1 cm³/mol. The molecular formula is C16H25NO3. The number of rotatable bonds is 8. The molecule has 0 aliphatic heterocycles. The molecule has 0 radical (unpaired) electrons. The van der Waals surface area contributed by atoms with Crippen LogP contribution in [0.25, 0.3) is 0 Å². The molecule has 0 aliphatic rings. The highest BCUT2D eigenvalue weighted by Gasteiger charge is 2.11. The second-order valence-corrected chi connectivity index (χ2v) is 5.19. The zero-order chi connectivity index (χ0) is 15.0. The fourth-order valence-electron chi connectivity index (χ4n) is 1.91. The molecule has 1 aromatic rings. The number of hydrogen-bond donors (Lipinski definition) is 2. The maximum Gasteiger partial charge on any atom is 0.251 e. The van der Waals surface area contributed by atoms with E-state index in [1.165, 1.54) is 0 Å². The number of hydrogen-bond acceptors (Lipinski definition) is 3. The van der Waals surface area contributed by atoms with Gasteiger partial charge in [-0.1, -0.05) is 13.3 Å². The summed E-state index contributed by atoms with van der Waals surface area (Å²) < 4.78 is 5.55. The average molecular weight is 279 g/mol. The quantitative estimate of drug-likeness (QED) is 0.719. The van der Waals surface area contributed by atoms with E-state index in [0.717, 1.165) is 18.6 Å². The van der Waals surface area contributed by atoms with Gasteiger partial charge in [0.2, 0.25) is 0 Å². The number of aliphatic hydroxyl groups is 1. The van der Waals surface area contributed by atoms with Crippen molar-refractivity contribution in [2.45, 2.75) is 52.2 Å². The molecule has 0 saturated heterocycles. The molecule has 1 amide bonds. The predicted octanol–water partition coefficient (Wildman–Crippen LogP) is 2.75. The van der Waals surface area contributed by atoms with Gasteiger partial charge in [0, 0.05) is 11.6 Å². The largest absolute Gasteiger partial charge is 0.494 e. The van der Waals surface area contributed by atoms with Crippen molar-refractivity contribution >= 4 is 5.91 Å². The highest BCUT2D eigenvalue weighted by Crippen LogP contribution is 2.13. The molecule has 0 bridgehead atoms. The van der Waals surface area contributed by atoms with E-state index < -0.39 is 6.10 Å². The third-order valence-corrected chi connectivity index (χ3v) is 2.96. The van der Waals surface area contributed by atoms with Crippen LogP contribution < -0.4 is 10.1 Å². The van der Waals surface area contributed by atoms with Crippen LogP contribution in [0.5, 0.6) is 5.75 Å². The van der Waals surface area contributed by atoms with Gasteiger partial charge in [-0.3, -0.25) is 4.79 Å². The minimum atomic E-state index is -0.417. The van der Waals surface area contributed by atoms with Gasteiger partial charge in [-0.2, -0.15) is 0 Å². The van der Waals surface area contributed by atoms with E-state index in [9.17, 15) is 9.90 Å². The minimum Gasteiger partial charge on any atom is -0.494 e. The maximum absolute atomic E-state index is 12.0. The van der Waals surface area contributed by atoms with E-state index in [1.807, 2.05) is 19.1 Å². The van der Waals surface area contributed by atoms with Gasteiger partial charge >= 0.3 is 0 Å². The van der Waals surface area contributed by atoms with Crippen molar-refractivity contribution in [1.82, 2.24) is 5.32 Å². The molecule has 112 valence electrons. The van der Waals surface area contributed by atoms with Gasteiger partial charge in [-0.15, -0.1) is 0 Å². The molecule has 0 aromatic heterocycles. The van der Waals surface area contributed by atoms with Crippen LogP contribution in [0.4, 0.5) is 0 Å². The van der Waals surface area contributed by atoms with Crippen molar-refractivity contribution in [3.63, 3.8) is 0 Å². The Labute approximate surface area is 121 Å². The molecular weight excluding hydrogens is 254 g/mol. The molecule has 20 heavy (non-hydrogen) atoms. The SMILES string of the molecule is CCCCOc1ccc(C(=O)NC(C)CC(C)O)cc1. The van der Waals surface area contributed by atoms with Crippen LogP contribution in [0.1, 0.15) is 50.4 Å². The molecule has 4 nitrogen and oxygen atoms in total. The molecule has 2 atom stereocenters. The number of aliphatic hydroxyl groups excluding tert-OH is 1. The van der Waals surface area contributed by atoms with Crippen molar-refractivity contribution in [1.29, 1.82) is 0 Å². The summed E-state index contributed by atoms with van der Waals surface area (Å²) in [5, 5.41) is 12.1. The fourth-order valence-corrected chi connectivity index (χ4v) is 1.91. The molecule has 0 spiro atoms. The Hall–Kier alpha value is -1.55. The molecule has 2 unspecified atom stereocenters. The number of carbonyl (C=O) groups excluding carboxylic acids is 1. The zero-order valence-electron chi connectivity index (χ0n) is 12.6. The molecule has 1 rings (SSSR count). The van der Waals surface area contributed by atoms with Crippen molar-refractivity contribution in [2.24, 2.45) is 0 Å². The Balaban J connectivity index is 2.48. The van der Waals surface area contributed by atoms with Gasteiger partial charge in [0.1, 0.15) is 5.75 Å². The van der Waals surface area contributed by atoms with E-state index in [4.69, 9.17) is 4.74 Å². The first-order valence-corrected chi connectivity index (χ1v) is 7.24. The molecule has 0 heterocycles. The van der Waals surface area contributed by atoms with Crippen molar-refractivity contribution in [3.8, 4) is 5.75 Å². The number of benzene rings is 1. The Morgan fingerprint density at radius 1 is 1.30 bits per heavy atom. The Bertz CT molecular complexity index is 401. The summed E-state index contributed by atoms with van der Waals surface area (Å²) in [6.07, 6.45) is 2.25. The molecule has 4 heteroatoms. The lowest BCUT2D eigenvalue weighted by molar-refractivity contribution is 0.0923. The summed E-state index contributed by atoms with van der Waals surface area (Å²) >= 11 is 0. The first kappa shape index (κ1) is 16.5. The number of amides is 1. The second kappa shape index (κ2) is 8.59. The summed E-state index contributed by atoms with van der Waals surface area (Å²) in [5.74, 6) is 0.658. The van der Waals surface area contributed by atoms with Gasteiger partial charge in [0.25, 0.3) is 5.91 Å². The normalized spacial score (nSPS) is 13.6. The van der Waals surface area contributed by atoms with Gasteiger partial charge < -0.3 is 15.2 Å². The van der Waals surface area contributed by atoms with E-state index in [-0.39, 0.29) is 11.9 Å². The van der Waals surface area contributed by atoms with E-state index in [2.05, 4.69) is 12.2 Å². The molecule has 0 saturated carbocycles. The lowest BCUT2D eigenvalue weighted by Crippen LogP contribution is -2.34. The number of carbonyl (C=O) groups is 1. The summed E-state index contributed by atoms with van der Waals surface area (Å²) in [4.78, 5) is 12.0. The number of ether oxygens (including phenoxy) is 1. The van der Waals surface area contributed by atoms with Crippen LogP contribution in [0.2, 0.25) is 0 Å². The highest BCUT2D eigenvalue weighted by atomic mass is 16.5. The summed E-state index contributed by atoms with van der Waals surface area (Å²) in [6, 6.07) is 7.08. The highest BCUT2D eigenvalue weighted by molar-refractivity contribution is 5.94. The minimum absolute atomic E-state index is 0.0528. The Kier molecular flexibility index (Phi) is 7.09. The summed E-state index contributed by atoms with van der Waals surface area (Å²) in [5.41, 5.74) is 0.602. The molecule has 1 aromatic carbocycles. The van der Waals surface area contributed by atoms with E-state index >= 15 is 0 Å². The van der Waals surface area contributed by atoms with E-state index in [0.29, 0.717) is 18.6 Å². The third-order valence-electron chi connectivity index (χ3n) is 2.96. The standard InChI is InChI=1S/C16H25NO3/c1-4-5-10-20-15-8-6-14(7-9-15)16(19)17-12(2)11-13(3)18/h6-9,12-13,18H,4-5,10-11H2,1-3H3,(H,17,19). The number of nitrogens with one attached hydrogen (secondary N) is 1.